The smallest absolute Gasteiger partial charge is 0.191 e. The van der Waals surface area contributed by atoms with E-state index in [1.807, 2.05) is 25.4 Å². The molecule has 0 bridgehead atoms. The zero-order valence-corrected chi connectivity index (χ0v) is 13.2. The van der Waals surface area contributed by atoms with Gasteiger partial charge in [0.2, 0.25) is 0 Å². The fourth-order valence-corrected chi connectivity index (χ4v) is 3.74. The first-order valence-electron chi connectivity index (χ1n) is 7.30. The van der Waals surface area contributed by atoms with E-state index < -0.39 is 0 Å². The second-order valence-corrected chi connectivity index (χ2v) is 6.72. The van der Waals surface area contributed by atoms with Crippen molar-refractivity contribution in [1.82, 2.24) is 19.7 Å². The largest absolute Gasteiger partial charge is 0.381 e. The first-order chi connectivity index (χ1) is 10.3. The molecule has 1 atom stereocenters. The van der Waals surface area contributed by atoms with Gasteiger partial charge in [0.05, 0.1) is 0 Å². The molecule has 1 fully saturated rings. The summed E-state index contributed by atoms with van der Waals surface area (Å²) >= 11 is 1.81. The van der Waals surface area contributed by atoms with Gasteiger partial charge in [0.1, 0.15) is 0 Å². The van der Waals surface area contributed by atoms with Gasteiger partial charge in [-0.15, -0.1) is 10.2 Å². The molecule has 0 amide bonds. The number of aromatic nitrogens is 4. The maximum absolute atomic E-state index is 5.44. The molecule has 5 nitrogen and oxygen atoms in total. The van der Waals surface area contributed by atoms with Crippen molar-refractivity contribution in [2.45, 2.75) is 30.2 Å². The standard InChI is InChI=1S/C15H20N4OS/c1-11(12-5-8-20-9-6-12)21-15-18-17-14(19(15)2)13-4-3-7-16-10-13/h3-4,7,10-12H,5-6,8-9H2,1-2H3/t11-/m0/s1. The number of ether oxygens (including phenoxy) is 1. The first-order valence-corrected chi connectivity index (χ1v) is 8.18. The van der Waals surface area contributed by atoms with Gasteiger partial charge < -0.3 is 9.30 Å². The summed E-state index contributed by atoms with van der Waals surface area (Å²) in [6.45, 7) is 4.05. The number of nitrogens with zero attached hydrogens (tertiary/aromatic N) is 4. The van der Waals surface area contributed by atoms with Crippen molar-refractivity contribution in [3.8, 4) is 11.4 Å². The van der Waals surface area contributed by atoms with E-state index in [1.54, 1.807) is 18.0 Å². The second-order valence-electron chi connectivity index (χ2n) is 5.38. The van der Waals surface area contributed by atoms with Crippen LogP contribution in [0, 0.1) is 5.92 Å². The summed E-state index contributed by atoms with van der Waals surface area (Å²) in [7, 11) is 2.02. The lowest BCUT2D eigenvalue weighted by Gasteiger charge is -2.26. The van der Waals surface area contributed by atoms with E-state index in [2.05, 4.69) is 26.7 Å². The Morgan fingerprint density at radius 1 is 1.33 bits per heavy atom. The maximum atomic E-state index is 5.44. The van der Waals surface area contributed by atoms with Crippen molar-refractivity contribution in [1.29, 1.82) is 0 Å². The van der Waals surface area contributed by atoms with Crippen molar-refractivity contribution in [2.75, 3.05) is 13.2 Å². The molecule has 3 heterocycles. The third-order valence-corrected chi connectivity index (χ3v) is 5.30. The fourth-order valence-electron chi connectivity index (χ4n) is 2.61. The molecule has 0 unspecified atom stereocenters. The van der Waals surface area contributed by atoms with Crippen LogP contribution >= 0.6 is 11.8 Å². The highest BCUT2D eigenvalue weighted by Gasteiger charge is 2.23. The summed E-state index contributed by atoms with van der Waals surface area (Å²) in [5, 5.41) is 10.1. The summed E-state index contributed by atoms with van der Waals surface area (Å²) in [6.07, 6.45) is 5.87. The molecule has 0 saturated carbocycles. The predicted molar refractivity (Wildman–Crippen MR) is 83.1 cm³/mol. The Bertz CT molecular complexity index is 581. The van der Waals surface area contributed by atoms with Gasteiger partial charge in [-0.05, 0) is 30.9 Å². The lowest BCUT2D eigenvalue weighted by atomic mass is 9.97. The van der Waals surface area contributed by atoms with Gasteiger partial charge in [-0.3, -0.25) is 4.98 Å². The normalized spacial score (nSPS) is 17.8. The third kappa shape index (κ3) is 3.27. The molecule has 21 heavy (non-hydrogen) atoms. The molecule has 0 aromatic carbocycles. The van der Waals surface area contributed by atoms with E-state index in [0.717, 1.165) is 42.6 Å². The molecule has 1 aliphatic heterocycles. The quantitative estimate of drug-likeness (QED) is 0.813. The van der Waals surface area contributed by atoms with Gasteiger partial charge in [0.25, 0.3) is 0 Å². The van der Waals surface area contributed by atoms with Crippen LogP contribution in [0.3, 0.4) is 0 Å². The molecule has 112 valence electrons. The zero-order valence-electron chi connectivity index (χ0n) is 12.4. The first kappa shape index (κ1) is 14.5. The van der Waals surface area contributed by atoms with Crippen LogP contribution in [0.25, 0.3) is 11.4 Å². The van der Waals surface area contributed by atoms with Crippen LogP contribution in [0.5, 0.6) is 0 Å². The van der Waals surface area contributed by atoms with Gasteiger partial charge in [-0.1, -0.05) is 18.7 Å². The summed E-state index contributed by atoms with van der Waals surface area (Å²) in [4.78, 5) is 4.14. The molecule has 2 aromatic rings. The van der Waals surface area contributed by atoms with Crippen molar-refractivity contribution in [3.05, 3.63) is 24.5 Å². The van der Waals surface area contributed by atoms with E-state index in [-0.39, 0.29) is 0 Å². The van der Waals surface area contributed by atoms with E-state index in [9.17, 15) is 0 Å². The summed E-state index contributed by atoms with van der Waals surface area (Å²) < 4.78 is 7.49. The van der Waals surface area contributed by atoms with Crippen LogP contribution in [0.2, 0.25) is 0 Å². The minimum atomic E-state index is 0.526. The highest BCUT2D eigenvalue weighted by atomic mass is 32.2. The number of hydrogen-bond acceptors (Lipinski definition) is 5. The fraction of sp³-hybridized carbons (Fsp3) is 0.533. The van der Waals surface area contributed by atoms with Crippen LogP contribution in [-0.4, -0.2) is 38.2 Å². The number of hydrogen-bond donors (Lipinski definition) is 0. The van der Waals surface area contributed by atoms with Gasteiger partial charge in [0.15, 0.2) is 11.0 Å². The lowest BCUT2D eigenvalue weighted by Crippen LogP contribution is -2.23. The number of thioether (sulfide) groups is 1. The van der Waals surface area contributed by atoms with Crippen LogP contribution in [0.4, 0.5) is 0 Å². The Morgan fingerprint density at radius 3 is 2.86 bits per heavy atom. The highest BCUT2D eigenvalue weighted by molar-refractivity contribution is 7.99. The van der Waals surface area contributed by atoms with Crippen LogP contribution in [0.15, 0.2) is 29.7 Å². The summed E-state index contributed by atoms with van der Waals surface area (Å²) in [5.41, 5.74) is 0.998. The lowest BCUT2D eigenvalue weighted by molar-refractivity contribution is 0.0669. The Balaban J connectivity index is 1.73. The zero-order chi connectivity index (χ0) is 14.7. The average Bonchev–Trinajstić information content (AvgIpc) is 2.90. The maximum Gasteiger partial charge on any atom is 0.191 e. The number of pyridine rings is 1. The Morgan fingerprint density at radius 2 is 2.14 bits per heavy atom. The van der Waals surface area contributed by atoms with Gasteiger partial charge in [-0.2, -0.15) is 0 Å². The molecule has 3 rings (SSSR count). The minimum absolute atomic E-state index is 0.526. The second kappa shape index (κ2) is 6.58. The monoisotopic (exact) mass is 304 g/mol. The van der Waals surface area contributed by atoms with Crippen molar-refractivity contribution < 1.29 is 4.74 Å². The number of rotatable bonds is 4. The van der Waals surface area contributed by atoms with E-state index in [0.29, 0.717) is 11.2 Å². The van der Waals surface area contributed by atoms with E-state index >= 15 is 0 Å². The highest BCUT2D eigenvalue weighted by Crippen LogP contribution is 2.32. The Hall–Kier alpha value is -1.40. The molecule has 0 spiro atoms. The van der Waals surface area contributed by atoms with E-state index in [4.69, 9.17) is 4.74 Å². The molecule has 0 radical (unpaired) electrons. The molecule has 1 aliphatic rings. The SMILES string of the molecule is C[C@H](Sc1nnc(-c2cccnc2)n1C)C1CCOCC1. The Kier molecular flexibility index (Phi) is 4.55. The van der Waals surface area contributed by atoms with Crippen molar-refractivity contribution in [2.24, 2.45) is 13.0 Å². The van der Waals surface area contributed by atoms with E-state index in [1.165, 1.54) is 0 Å². The topological polar surface area (TPSA) is 52.8 Å². The predicted octanol–water partition coefficient (Wildman–Crippen LogP) is 2.78. The van der Waals surface area contributed by atoms with Gasteiger partial charge in [0, 0.05) is 43.5 Å². The minimum Gasteiger partial charge on any atom is -0.381 e. The summed E-state index contributed by atoms with van der Waals surface area (Å²) in [5.74, 6) is 1.56. The van der Waals surface area contributed by atoms with Gasteiger partial charge >= 0.3 is 0 Å². The molecule has 1 saturated heterocycles. The van der Waals surface area contributed by atoms with Crippen molar-refractivity contribution >= 4 is 11.8 Å². The molecular weight excluding hydrogens is 284 g/mol. The third-order valence-electron chi connectivity index (χ3n) is 3.98. The molecule has 0 aliphatic carbocycles. The molecule has 0 N–H and O–H groups in total. The molecular formula is C15H20N4OS. The molecule has 2 aromatic heterocycles. The van der Waals surface area contributed by atoms with Crippen LogP contribution in [-0.2, 0) is 11.8 Å². The van der Waals surface area contributed by atoms with Crippen molar-refractivity contribution in [3.63, 3.8) is 0 Å². The van der Waals surface area contributed by atoms with Gasteiger partial charge in [-0.25, -0.2) is 0 Å². The van der Waals surface area contributed by atoms with Crippen LogP contribution < -0.4 is 0 Å². The molecule has 6 heteroatoms. The Labute approximate surface area is 129 Å². The van der Waals surface area contributed by atoms with Crippen LogP contribution in [0.1, 0.15) is 19.8 Å². The average molecular weight is 304 g/mol. The summed E-state index contributed by atoms with van der Waals surface area (Å²) in [6, 6.07) is 3.93.